The second-order valence-electron chi connectivity index (χ2n) is 8.35. The predicted molar refractivity (Wildman–Crippen MR) is 114 cm³/mol. The number of alkyl halides is 3. The summed E-state index contributed by atoms with van der Waals surface area (Å²) >= 11 is 0. The summed E-state index contributed by atoms with van der Waals surface area (Å²) in [5.41, 5.74) is 1.88. The van der Waals surface area contributed by atoms with Crippen LogP contribution in [0, 0.1) is 0 Å². The molecule has 3 heterocycles. The van der Waals surface area contributed by atoms with Crippen molar-refractivity contribution in [3.63, 3.8) is 0 Å². The molecule has 1 aliphatic heterocycles. The molecule has 1 aromatic carbocycles. The fraction of sp³-hybridized carbons (Fsp3) is 0.435. The lowest BCUT2D eigenvalue weighted by Crippen LogP contribution is -2.45. The van der Waals surface area contributed by atoms with Crippen LogP contribution in [0.15, 0.2) is 41.7 Å². The van der Waals surface area contributed by atoms with Crippen LogP contribution in [-0.2, 0) is 12.6 Å². The molecule has 3 aromatic rings. The smallest absolute Gasteiger partial charge is 0.336 e. The molecule has 1 fully saturated rings. The number of nitrogens with one attached hydrogen (secondary N) is 1. The molecule has 31 heavy (non-hydrogen) atoms. The largest absolute Gasteiger partial charge is 0.431 e. The van der Waals surface area contributed by atoms with Gasteiger partial charge in [0.1, 0.15) is 17.7 Å². The molecule has 1 N–H and O–H groups in total. The predicted octanol–water partition coefficient (Wildman–Crippen LogP) is 5.26. The lowest BCUT2D eigenvalue weighted by molar-refractivity contribution is -0.140. The van der Waals surface area contributed by atoms with Gasteiger partial charge in [0.15, 0.2) is 5.82 Å². The molecule has 2 aromatic heterocycles. The van der Waals surface area contributed by atoms with Crippen LogP contribution in [0.2, 0.25) is 0 Å². The Morgan fingerprint density at radius 1 is 1.10 bits per heavy atom. The van der Waals surface area contributed by atoms with Gasteiger partial charge >= 0.3 is 6.18 Å². The van der Waals surface area contributed by atoms with Crippen molar-refractivity contribution in [3.05, 3.63) is 53.5 Å². The Morgan fingerprint density at radius 2 is 1.90 bits per heavy atom. The van der Waals surface area contributed by atoms with Gasteiger partial charge in [-0.3, -0.25) is 4.90 Å². The van der Waals surface area contributed by atoms with E-state index >= 15 is 0 Å². The van der Waals surface area contributed by atoms with E-state index in [2.05, 4.69) is 43.0 Å². The Labute approximate surface area is 178 Å². The molecule has 5 rings (SSSR count). The summed E-state index contributed by atoms with van der Waals surface area (Å²) in [5, 5.41) is 0.282. The van der Waals surface area contributed by atoms with Crippen molar-refractivity contribution in [1.82, 2.24) is 19.9 Å². The highest BCUT2D eigenvalue weighted by Crippen LogP contribution is 2.36. The molecule has 162 valence electrons. The number of benzene rings is 1. The number of hydrogen-bond acceptors (Lipinski definition) is 4. The summed E-state index contributed by atoms with van der Waals surface area (Å²) in [6, 6.07) is 9.79. The molecule has 1 saturated heterocycles. The van der Waals surface area contributed by atoms with Crippen molar-refractivity contribution in [2.24, 2.45) is 4.99 Å². The summed E-state index contributed by atoms with van der Waals surface area (Å²) in [7, 11) is 0. The number of fused-ring (bicyclic) bond motifs is 2. The standard InChI is InChI=1S/C23H24F3N5/c24-23(25,26)20-12-17-21(28-14-29-22(17)30-20)27-13-18-16-7-3-2-6-15(16)8-9-19(18)31-10-4-1-5-11-31/h2-3,6-7,12-14,18-19H,1,4-5,8-11H2,(H,28,29,30)/b27-13-/t18?,19-/m0/s1. The molecule has 5 nitrogen and oxygen atoms in total. The average molecular weight is 427 g/mol. The number of piperidine rings is 1. The summed E-state index contributed by atoms with van der Waals surface area (Å²) in [6.45, 7) is 2.17. The number of aryl methyl sites for hydroxylation is 1. The average Bonchev–Trinajstić information content (AvgIpc) is 3.24. The molecule has 0 amide bonds. The van der Waals surface area contributed by atoms with E-state index < -0.39 is 11.9 Å². The Morgan fingerprint density at radius 3 is 2.71 bits per heavy atom. The first-order chi connectivity index (χ1) is 15.0. The van der Waals surface area contributed by atoms with E-state index in [9.17, 15) is 13.2 Å². The Bertz CT molecular complexity index is 1100. The third-order valence-electron chi connectivity index (χ3n) is 6.47. The zero-order valence-corrected chi connectivity index (χ0v) is 17.1. The number of aromatic amines is 1. The van der Waals surface area contributed by atoms with E-state index in [1.807, 2.05) is 12.3 Å². The second-order valence-corrected chi connectivity index (χ2v) is 8.35. The number of halogens is 3. The van der Waals surface area contributed by atoms with E-state index in [0.29, 0.717) is 6.04 Å². The number of H-pyrrole nitrogens is 1. The maximum atomic E-state index is 13.1. The summed E-state index contributed by atoms with van der Waals surface area (Å²) in [5.74, 6) is 0.339. The summed E-state index contributed by atoms with van der Waals surface area (Å²) < 4.78 is 39.4. The highest BCUT2D eigenvalue weighted by Gasteiger charge is 2.34. The molecule has 1 aliphatic carbocycles. The number of likely N-dealkylation sites (tertiary alicyclic amines) is 1. The van der Waals surface area contributed by atoms with Crippen LogP contribution in [0.5, 0.6) is 0 Å². The molecule has 2 aliphatic rings. The maximum Gasteiger partial charge on any atom is 0.431 e. The van der Waals surface area contributed by atoms with Crippen LogP contribution in [0.25, 0.3) is 11.0 Å². The highest BCUT2D eigenvalue weighted by atomic mass is 19.4. The quantitative estimate of drug-likeness (QED) is 0.580. The zero-order chi connectivity index (χ0) is 21.4. The second kappa shape index (κ2) is 8.07. The van der Waals surface area contributed by atoms with Gasteiger partial charge in [-0.1, -0.05) is 30.7 Å². The van der Waals surface area contributed by atoms with Crippen molar-refractivity contribution >= 4 is 23.1 Å². The van der Waals surface area contributed by atoms with Crippen LogP contribution in [0.1, 0.15) is 48.4 Å². The highest BCUT2D eigenvalue weighted by molar-refractivity contribution is 5.88. The fourth-order valence-corrected chi connectivity index (χ4v) is 4.95. The molecule has 8 heteroatoms. The Balaban J connectivity index is 1.52. The first-order valence-electron chi connectivity index (χ1n) is 10.8. The number of aliphatic imine (C=N–C) groups is 1. The van der Waals surface area contributed by atoms with Crippen molar-refractivity contribution in [2.75, 3.05) is 13.1 Å². The van der Waals surface area contributed by atoms with E-state index in [1.165, 1.54) is 36.7 Å². The molecule has 0 spiro atoms. The lowest BCUT2D eigenvalue weighted by atomic mass is 9.78. The van der Waals surface area contributed by atoms with Gasteiger partial charge in [0.25, 0.3) is 0 Å². The van der Waals surface area contributed by atoms with Gasteiger partial charge in [0, 0.05) is 18.2 Å². The molecule has 0 bridgehead atoms. The molecule has 1 unspecified atom stereocenters. The Hall–Kier alpha value is -2.74. The minimum absolute atomic E-state index is 0.0779. The zero-order valence-electron chi connectivity index (χ0n) is 17.1. The third-order valence-corrected chi connectivity index (χ3v) is 6.47. The molecule has 0 saturated carbocycles. The van der Waals surface area contributed by atoms with Crippen LogP contribution in [-0.4, -0.2) is 45.2 Å². The minimum atomic E-state index is -4.47. The summed E-state index contributed by atoms with van der Waals surface area (Å²) in [4.78, 5) is 17.6. The first kappa shape index (κ1) is 20.2. The van der Waals surface area contributed by atoms with Gasteiger partial charge in [-0.25, -0.2) is 15.0 Å². The van der Waals surface area contributed by atoms with Crippen LogP contribution >= 0.6 is 0 Å². The Kier molecular flexibility index (Phi) is 5.25. The maximum absolute atomic E-state index is 13.1. The van der Waals surface area contributed by atoms with E-state index in [0.717, 1.165) is 32.0 Å². The third kappa shape index (κ3) is 3.96. The number of aromatic nitrogens is 3. The molecule has 2 atom stereocenters. The van der Waals surface area contributed by atoms with Crippen molar-refractivity contribution < 1.29 is 13.2 Å². The number of hydrogen-bond donors (Lipinski definition) is 1. The lowest BCUT2D eigenvalue weighted by Gasteiger charge is -2.41. The number of nitrogens with zero attached hydrogens (tertiary/aromatic N) is 4. The van der Waals surface area contributed by atoms with E-state index in [-0.39, 0.29) is 22.8 Å². The van der Waals surface area contributed by atoms with Crippen LogP contribution in [0.3, 0.4) is 0 Å². The number of rotatable bonds is 3. The normalized spacial score (nSPS) is 22.8. The molecule has 0 radical (unpaired) electrons. The SMILES string of the molecule is FC(F)(F)c1cc2c(/N=C\C3c4ccccc4CC[C@@H]3N3CCCCC3)ncnc2[nH]1. The fourth-order valence-electron chi connectivity index (χ4n) is 4.95. The van der Waals surface area contributed by atoms with Gasteiger partial charge in [0.2, 0.25) is 0 Å². The van der Waals surface area contributed by atoms with Crippen molar-refractivity contribution in [3.8, 4) is 0 Å². The summed E-state index contributed by atoms with van der Waals surface area (Å²) in [6.07, 6.45) is 4.44. The van der Waals surface area contributed by atoms with Crippen LogP contribution < -0.4 is 0 Å². The van der Waals surface area contributed by atoms with Gasteiger partial charge in [0.05, 0.1) is 5.39 Å². The van der Waals surface area contributed by atoms with Crippen molar-refractivity contribution in [2.45, 2.75) is 50.2 Å². The van der Waals surface area contributed by atoms with Gasteiger partial charge in [-0.05, 0) is 56.0 Å². The minimum Gasteiger partial charge on any atom is -0.336 e. The van der Waals surface area contributed by atoms with E-state index in [1.54, 1.807) is 0 Å². The molecular weight excluding hydrogens is 403 g/mol. The topological polar surface area (TPSA) is 57.2 Å². The van der Waals surface area contributed by atoms with Gasteiger partial charge < -0.3 is 4.98 Å². The monoisotopic (exact) mass is 427 g/mol. The van der Waals surface area contributed by atoms with Crippen LogP contribution in [0.4, 0.5) is 19.0 Å². The first-order valence-corrected chi connectivity index (χ1v) is 10.8. The van der Waals surface area contributed by atoms with Gasteiger partial charge in [-0.2, -0.15) is 13.2 Å². The van der Waals surface area contributed by atoms with Crippen molar-refractivity contribution in [1.29, 1.82) is 0 Å². The van der Waals surface area contributed by atoms with Gasteiger partial charge in [-0.15, -0.1) is 0 Å². The van der Waals surface area contributed by atoms with E-state index in [4.69, 9.17) is 0 Å². The molecular formula is C23H24F3N5.